The molecule has 0 radical (unpaired) electrons. The zero-order chi connectivity index (χ0) is 12.8. The van der Waals surface area contributed by atoms with Crippen molar-refractivity contribution in [1.29, 1.82) is 0 Å². The molecule has 0 atom stereocenters. The molecule has 1 amide bonds. The lowest BCUT2D eigenvalue weighted by Gasteiger charge is -2.21. The standard InChI is InChI=1S/C13H18N2O2S/c14-10-1-3-11(4-2-10)15-13(16)9-18-12-5-7-17-8-6-12/h1-4,12H,5-9,14H2,(H,15,16). The lowest BCUT2D eigenvalue weighted by Crippen LogP contribution is -2.21. The molecule has 1 fully saturated rings. The molecule has 18 heavy (non-hydrogen) atoms. The minimum absolute atomic E-state index is 0.0382. The fourth-order valence-corrected chi connectivity index (χ4v) is 2.78. The lowest BCUT2D eigenvalue weighted by atomic mass is 10.2. The Labute approximate surface area is 111 Å². The van der Waals surface area contributed by atoms with Crippen molar-refractivity contribution in [1.82, 2.24) is 0 Å². The van der Waals surface area contributed by atoms with Gasteiger partial charge in [-0.05, 0) is 37.1 Å². The molecule has 0 saturated carbocycles. The van der Waals surface area contributed by atoms with E-state index in [0.29, 0.717) is 16.7 Å². The Morgan fingerprint density at radius 2 is 2.00 bits per heavy atom. The number of thioether (sulfide) groups is 1. The Morgan fingerprint density at radius 3 is 2.67 bits per heavy atom. The van der Waals surface area contributed by atoms with Crippen molar-refractivity contribution in [2.45, 2.75) is 18.1 Å². The van der Waals surface area contributed by atoms with E-state index >= 15 is 0 Å². The van der Waals surface area contributed by atoms with E-state index in [0.717, 1.165) is 31.7 Å². The summed E-state index contributed by atoms with van der Waals surface area (Å²) in [6.07, 6.45) is 2.08. The molecular formula is C13H18N2O2S. The first-order valence-corrected chi connectivity index (χ1v) is 7.13. The summed E-state index contributed by atoms with van der Waals surface area (Å²) >= 11 is 1.71. The summed E-state index contributed by atoms with van der Waals surface area (Å²) < 4.78 is 5.29. The van der Waals surface area contributed by atoms with E-state index in [4.69, 9.17) is 10.5 Å². The van der Waals surface area contributed by atoms with Gasteiger partial charge in [0.1, 0.15) is 0 Å². The fraction of sp³-hybridized carbons (Fsp3) is 0.462. The second-order valence-electron chi connectivity index (χ2n) is 4.29. The summed E-state index contributed by atoms with van der Waals surface area (Å²) in [5.74, 6) is 0.533. The van der Waals surface area contributed by atoms with E-state index in [9.17, 15) is 4.79 Å². The van der Waals surface area contributed by atoms with Crippen LogP contribution in [0.25, 0.3) is 0 Å². The highest BCUT2D eigenvalue weighted by molar-refractivity contribution is 8.00. The molecule has 1 aromatic carbocycles. The van der Waals surface area contributed by atoms with Crippen molar-refractivity contribution in [2.75, 3.05) is 30.0 Å². The van der Waals surface area contributed by atoms with E-state index in [1.54, 1.807) is 23.9 Å². The molecule has 0 unspecified atom stereocenters. The molecule has 1 saturated heterocycles. The smallest absolute Gasteiger partial charge is 0.234 e. The Balaban J connectivity index is 1.73. The van der Waals surface area contributed by atoms with Crippen LogP contribution in [0.1, 0.15) is 12.8 Å². The van der Waals surface area contributed by atoms with Gasteiger partial charge in [-0.15, -0.1) is 11.8 Å². The van der Waals surface area contributed by atoms with Crippen LogP contribution >= 0.6 is 11.8 Å². The maximum absolute atomic E-state index is 11.7. The number of hydrogen-bond donors (Lipinski definition) is 2. The highest BCUT2D eigenvalue weighted by atomic mass is 32.2. The largest absolute Gasteiger partial charge is 0.399 e. The average Bonchev–Trinajstić information content (AvgIpc) is 2.40. The average molecular weight is 266 g/mol. The van der Waals surface area contributed by atoms with Gasteiger partial charge in [0, 0.05) is 29.8 Å². The van der Waals surface area contributed by atoms with Gasteiger partial charge in [0.05, 0.1) is 5.75 Å². The van der Waals surface area contributed by atoms with E-state index < -0.39 is 0 Å². The van der Waals surface area contributed by atoms with Gasteiger partial charge in [-0.3, -0.25) is 4.79 Å². The van der Waals surface area contributed by atoms with Crippen molar-refractivity contribution < 1.29 is 9.53 Å². The topological polar surface area (TPSA) is 64.3 Å². The number of carbonyl (C=O) groups excluding carboxylic acids is 1. The highest BCUT2D eigenvalue weighted by Crippen LogP contribution is 2.22. The predicted octanol–water partition coefficient (Wildman–Crippen LogP) is 2.12. The second-order valence-corrected chi connectivity index (χ2v) is 5.58. The normalized spacial score (nSPS) is 16.4. The number of nitrogens with one attached hydrogen (secondary N) is 1. The summed E-state index contributed by atoms with van der Waals surface area (Å²) in [5, 5.41) is 3.41. The minimum atomic E-state index is 0.0382. The van der Waals surface area contributed by atoms with Gasteiger partial charge in [0.25, 0.3) is 0 Å². The molecule has 0 aromatic heterocycles. The van der Waals surface area contributed by atoms with Crippen LogP contribution in [0.4, 0.5) is 11.4 Å². The maximum Gasteiger partial charge on any atom is 0.234 e. The van der Waals surface area contributed by atoms with Crippen molar-refractivity contribution in [3.8, 4) is 0 Å². The molecule has 4 nitrogen and oxygen atoms in total. The second kappa shape index (κ2) is 6.66. The van der Waals surface area contributed by atoms with Crippen LogP contribution in [-0.2, 0) is 9.53 Å². The molecule has 1 aliphatic heterocycles. The molecule has 1 aliphatic rings. The summed E-state index contributed by atoms with van der Waals surface area (Å²) in [7, 11) is 0. The monoisotopic (exact) mass is 266 g/mol. The zero-order valence-electron chi connectivity index (χ0n) is 10.2. The molecule has 98 valence electrons. The highest BCUT2D eigenvalue weighted by Gasteiger charge is 2.15. The van der Waals surface area contributed by atoms with Crippen LogP contribution in [0.15, 0.2) is 24.3 Å². The summed E-state index contributed by atoms with van der Waals surface area (Å²) in [4.78, 5) is 11.7. The van der Waals surface area contributed by atoms with Gasteiger partial charge in [-0.25, -0.2) is 0 Å². The van der Waals surface area contributed by atoms with Crippen LogP contribution in [-0.4, -0.2) is 30.1 Å². The third-order valence-corrected chi connectivity index (χ3v) is 4.18. The molecular weight excluding hydrogens is 248 g/mol. The molecule has 3 N–H and O–H groups in total. The van der Waals surface area contributed by atoms with Crippen molar-refractivity contribution in [3.63, 3.8) is 0 Å². The number of anilines is 2. The number of nitrogen functional groups attached to an aromatic ring is 1. The Bertz CT molecular complexity index is 388. The van der Waals surface area contributed by atoms with Gasteiger partial charge >= 0.3 is 0 Å². The molecule has 5 heteroatoms. The number of nitrogens with two attached hydrogens (primary N) is 1. The van der Waals surface area contributed by atoms with Gasteiger partial charge in [-0.1, -0.05) is 0 Å². The van der Waals surface area contributed by atoms with Crippen LogP contribution in [0.3, 0.4) is 0 Å². The molecule has 0 aliphatic carbocycles. The Kier molecular flexibility index (Phi) is 4.90. The van der Waals surface area contributed by atoms with Gasteiger partial charge in [0.2, 0.25) is 5.91 Å². The zero-order valence-corrected chi connectivity index (χ0v) is 11.0. The van der Waals surface area contributed by atoms with E-state index in [2.05, 4.69) is 5.32 Å². The van der Waals surface area contributed by atoms with Gasteiger partial charge in [0.15, 0.2) is 0 Å². The van der Waals surface area contributed by atoms with Crippen molar-refractivity contribution >= 4 is 29.0 Å². The Hall–Kier alpha value is -1.20. The molecule has 1 aromatic rings. The fourth-order valence-electron chi connectivity index (χ4n) is 1.80. The molecule has 2 rings (SSSR count). The van der Waals surface area contributed by atoms with E-state index in [1.807, 2.05) is 12.1 Å². The molecule has 1 heterocycles. The third kappa shape index (κ3) is 4.23. The first-order valence-electron chi connectivity index (χ1n) is 6.09. The quantitative estimate of drug-likeness (QED) is 0.819. The van der Waals surface area contributed by atoms with Crippen molar-refractivity contribution in [3.05, 3.63) is 24.3 Å². The Morgan fingerprint density at radius 1 is 1.33 bits per heavy atom. The summed E-state index contributed by atoms with van der Waals surface area (Å²) in [5.41, 5.74) is 7.08. The van der Waals surface area contributed by atoms with E-state index in [1.165, 1.54) is 0 Å². The van der Waals surface area contributed by atoms with Crippen LogP contribution in [0, 0.1) is 0 Å². The summed E-state index contributed by atoms with van der Waals surface area (Å²) in [6.45, 7) is 1.63. The van der Waals surface area contributed by atoms with Crippen LogP contribution in [0.5, 0.6) is 0 Å². The number of hydrogen-bond acceptors (Lipinski definition) is 4. The van der Waals surface area contributed by atoms with Crippen LogP contribution < -0.4 is 11.1 Å². The number of ether oxygens (including phenoxy) is 1. The third-order valence-electron chi connectivity index (χ3n) is 2.81. The minimum Gasteiger partial charge on any atom is -0.399 e. The molecule has 0 spiro atoms. The van der Waals surface area contributed by atoms with E-state index in [-0.39, 0.29) is 5.91 Å². The summed E-state index contributed by atoms with van der Waals surface area (Å²) in [6, 6.07) is 7.18. The van der Waals surface area contributed by atoms with Gasteiger partial charge in [-0.2, -0.15) is 0 Å². The number of rotatable bonds is 4. The van der Waals surface area contributed by atoms with Crippen LogP contribution in [0.2, 0.25) is 0 Å². The number of carbonyl (C=O) groups is 1. The van der Waals surface area contributed by atoms with Crippen molar-refractivity contribution in [2.24, 2.45) is 0 Å². The molecule has 0 bridgehead atoms. The number of benzene rings is 1. The van der Waals surface area contributed by atoms with Gasteiger partial charge < -0.3 is 15.8 Å². The lowest BCUT2D eigenvalue weighted by molar-refractivity contribution is -0.113. The number of amides is 1. The maximum atomic E-state index is 11.7. The first-order chi connectivity index (χ1) is 8.74. The predicted molar refractivity (Wildman–Crippen MR) is 75.8 cm³/mol. The SMILES string of the molecule is Nc1ccc(NC(=O)CSC2CCOCC2)cc1. The first kappa shape index (κ1) is 13.2.